The van der Waals surface area contributed by atoms with Gasteiger partial charge in [-0.05, 0) is 51.4 Å². The molecule has 19 heteroatoms. The number of ether oxygens (including phenoxy) is 6. The van der Waals surface area contributed by atoms with Crippen LogP contribution in [0.15, 0.2) is 36.5 Å². The van der Waals surface area contributed by atoms with Gasteiger partial charge in [0.1, 0.15) is 73.2 Å². The summed E-state index contributed by atoms with van der Waals surface area (Å²) in [5.74, 6) is -0.237. The predicted molar refractivity (Wildman–Crippen MR) is 388 cm³/mol. The zero-order chi connectivity index (χ0) is 71.1. The van der Waals surface area contributed by atoms with E-state index in [2.05, 4.69) is 55.6 Å². The van der Waals surface area contributed by atoms with E-state index >= 15 is 0 Å². The van der Waals surface area contributed by atoms with E-state index in [0.717, 1.165) is 57.8 Å². The molecule has 12 N–H and O–H groups in total. The maximum atomic E-state index is 13.5. The van der Waals surface area contributed by atoms with E-state index in [0.29, 0.717) is 12.8 Å². The topological polar surface area (TPSA) is 307 Å². The number of rotatable bonds is 64. The summed E-state index contributed by atoms with van der Waals surface area (Å²) in [5, 5.41) is 121. The zero-order valence-corrected chi connectivity index (χ0v) is 61.5. The lowest BCUT2D eigenvalue weighted by Gasteiger charge is -2.48. The molecular weight excluding hydrogens is 1250 g/mol. The first kappa shape index (κ1) is 90.2. The summed E-state index contributed by atoms with van der Waals surface area (Å²) in [6.07, 6.45) is 46.9. The molecule has 576 valence electrons. The van der Waals surface area contributed by atoms with Gasteiger partial charge in [0.05, 0.1) is 38.6 Å². The molecule has 0 aromatic heterocycles. The van der Waals surface area contributed by atoms with Crippen LogP contribution in [-0.2, 0) is 33.2 Å². The Morgan fingerprint density at radius 3 is 1.05 bits per heavy atom. The van der Waals surface area contributed by atoms with E-state index in [9.17, 15) is 61.0 Å². The second-order valence-corrected chi connectivity index (χ2v) is 28.9. The molecule has 1 amide bonds. The summed E-state index contributed by atoms with van der Waals surface area (Å²) in [6, 6.07) is -0.885. The minimum Gasteiger partial charge on any atom is -0.394 e. The molecule has 0 aromatic rings. The molecule has 0 spiro atoms. The van der Waals surface area contributed by atoms with E-state index < -0.39 is 124 Å². The quantitative estimate of drug-likeness (QED) is 0.0199. The van der Waals surface area contributed by atoms with Crippen molar-refractivity contribution in [1.29, 1.82) is 0 Å². The van der Waals surface area contributed by atoms with Gasteiger partial charge in [-0.1, -0.05) is 307 Å². The lowest BCUT2D eigenvalue weighted by molar-refractivity contribution is -0.379. The molecule has 17 unspecified atom stereocenters. The van der Waals surface area contributed by atoms with Crippen molar-refractivity contribution in [2.75, 3.05) is 26.4 Å². The van der Waals surface area contributed by atoms with Crippen LogP contribution in [0.2, 0.25) is 0 Å². The number of hydrogen-bond acceptors (Lipinski definition) is 18. The summed E-state index contributed by atoms with van der Waals surface area (Å²) < 4.78 is 34.5. The molecule has 0 aromatic carbocycles. The minimum absolute atomic E-state index is 0.237. The summed E-state index contributed by atoms with van der Waals surface area (Å²) in [7, 11) is 0. The number of unbranched alkanes of at least 4 members (excludes halogenated alkanes) is 42. The van der Waals surface area contributed by atoms with E-state index in [1.54, 1.807) is 0 Å². The monoisotopic (exact) mass is 1400 g/mol. The first-order valence-electron chi connectivity index (χ1n) is 40.2. The third kappa shape index (κ3) is 40.3. The highest BCUT2D eigenvalue weighted by Gasteiger charge is 2.54. The number of carbonyl (C=O) groups excluding carboxylic acids is 1. The van der Waals surface area contributed by atoms with Crippen LogP contribution in [0.25, 0.3) is 0 Å². The van der Waals surface area contributed by atoms with Crippen molar-refractivity contribution >= 4 is 5.91 Å². The minimum atomic E-state index is -1.97. The van der Waals surface area contributed by atoms with E-state index in [1.807, 2.05) is 0 Å². The van der Waals surface area contributed by atoms with Crippen LogP contribution >= 0.6 is 0 Å². The van der Waals surface area contributed by atoms with Crippen molar-refractivity contribution in [1.82, 2.24) is 5.32 Å². The van der Waals surface area contributed by atoms with Crippen LogP contribution in [0, 0.1) is 0 Å². The largest absolute Gasteiger partial charge is 0.394 e. The van der Waals surface area contributed by atoms with E-state index in [-0.39, 0.29) is 18.9 Å². The van der Waals surface area contributed by atoms with Crippen LogP contribution in [0.5, 0.6) is 0 Å². The average Bonchev–Trinajstić information content (AvgIpc) is 0.785. The summed E-state index contributed by atoms with van der Waals surface area (Å²) in [5.41, 5.74) is 0. The van der Waals surface area contributed by atoms with Crippen LogP contribution in [-0.4, -0.2) is 193 Å². The fraction of sp³-hybridized carbons (Fsp3) is 0.911. The predicted octanol–water partition coefficient (Wildman–Crippen LogP) is 13.1. The number of carbonyl (C=O) groups is 1. The lowest BCUT2D eigenvalue weighted by atomic mass is 9.96. The fourth-order valence-electron chi connectivity index (χ4n) is 13.7. The van der Waals surface area contributed by atoms with Crippen LogP contribution in [0.3, 0.4) is 0 Å². The van der Waals surface area contributed by atoms with E-state index in [1.165, 1.54) is 238 Å². The smallest absolute Gasteiger partial charge is 0.220 e. The Bertz CT molecular complexity index is 1910. The Morgan fingerprint density at radius 2 is 0.673 bits per heavy atom. The lowest BCUT2D eigenvalue weighted by Crippen LogP contribution is -2.66. The number of aliphatic hydroxyl groups is 11. The number of allylic oxidation sites excluding steroid dienone is 6. The first-order chi connectivity index (χ1) is 47.8. The first-order valence-corrected chi connectivity index (χ1v) is 40.2. The average molecular weight is 1400 g/mol. The fourth-order valence-corrected chi connectivity index (χ4v) is 13.7. The summed E-state index contributed by atoms with van der Waals surface area (Å²) in [6.45, 7) is 1.82. The normalized spacial score (nSPS) is 26.9. The highest BCUT2D eigenvalue weighted by atomic mass is 16.8. The van der Waals surface area contributed by atoms with Crippen LogP contribution in [0.4, 0.5) is 0 Å². The molecule has 3 aliphatic heterocycles. The van der Waals surface area contributed by atoms with Gasteiger partial charge in [-0.3, -0.25) is 4.79 Å². The molecule has 19 nitrogen and oxygen atoms in total. The molecule has 17 atom stereocenters. The molecule has 3 heterocycles. The van der Waals surface area contributed by atoms with Gasteiger partial charge < -0.3 is 89.9 Å². The van der Waals surface area contributed by atoms with Gasteiger partial charge in [0.15, 0.2) is 18.9 Å². The molecule has 98 heavy (non-hydrogen) atoms. The Morgan fingerprint density at radius 1 is 0.367 bits per heavy atom. The van der Waals surface area contributed by atoms with Crippen molar-refractivity contribution in [2.45, 2.75) is 433 Å². The molecule has 0 aliphatic carbocycles. The van der Waals surface area contributed by atoms with Crippen molar-refractivity contribution in [2.24, 2.45) is 0 Å². The molecule has 0 radical (unpaired) electrons. The number of hydrogen-bond donors (Lipinski definition) is 12. The van der Waals surface area contributed by atoms with Gasteiger partial charge >= 0.3 is 0 Å². The van der Waals surface area contributed by atoms with Gasteiger partial charge in [-0.15, -0.1) is 0 Å². The summed E-state index contributed by atoms with van der Waals surface area (Å²) in [4.78, 5) is 13.5. The maximum absolute atomic E-state index is 13.5. The Hall–Kier alpha value is -1.99. The Balaban J connectivity index is 1.28. The highest BCUT2D eigenvalue weighted by molar-refractivity contribution is 5.76. The second kappa shape index (κ2) is 60.3. The van der Waals surface area contributed by atoms with Gasteiger partial charge in [0, 0.05) is 6.42 Å². The molecule has 3 rings (SSSR count). The molecular formula is C79H147NO18. The maximum Gasteiger partial charge on any atom is 0.220 e. The van der Waals surface area contributed by atoms with Gasteiger partial charge in [-0.2, -0.15) is 0 Å². The Kier molecular flexibility index (Phi) is 55.5. The zero-order valence-electron chi connectivity index (χ0n) is 61.5. The number of aliphatic hydroxyl groups excluding tert-OH is 11. The molecule has 3 fully saturated rings. The van der Waals surface area contributed by atoms with Crippen molar-refractivity contribution < 1.29 is 89.4 Å². The number of nitrogens with one attached hydrogen (secondary N) is 1. The third-order valence-corrected chi connectivity index (χ3v) is 20.2. The standard InChI is InChI=1S/C79H147NO18/c1-3-5-7-9-11-13-15-17-19-20-21-22-23-24-25-26-27-28-29-30-31-32-33-34-35-36-37-38-39-40-41-42-43-45-47-49-51-53-55-57-67(85)80-62(63(84)56-54-52-50-48-46-44-18-16-14-12-10-8-6-4-2)61-93-77-73(91)70(88)75(65(59-82)95-77)98-79-74(92)71(89)76(66(60-83)96-79)97-78-72(90)69(87)68(86)64(58-81)94-78/h15,17,20-21,23-24,62-66,68-79,81-84,86-92H,3-14,16,18-19,22,25-61H2,1-2H3,(H,80,85)/b17-15-,21-20-,24-23-. The van der Waals surface area contributed by atoms with Gasteiger partial charge in [0.2, 0.25) is 5.91 Å². The highest BCUT2D eigenvalue weighted by Crippen LogP contribution is 2.33. The van der Waals surface area contributed by atoms with Crippen LogP contribution < -0.4 is 5.32 Å². The van der Waals surface area contributed by atoms with Crippen molar-refractivity contribution in [3.63, 3.8) is 0 Å². The second-order valence-electron chi connectivity index (χ2n) is 28.9. The molecule has 0 bridgehead atoms. The SMILES string of the molecule is CCCCCCC/C=C\C/C=C\C/C=C\CCCCCCCCCCCCCCCCCCCCCCCCCCC(=O)NC(COC1OC(CO)C(OC2OC(CO)C(OC3OC(CO)C(O)C(O)C3O)C(O)C2O)C(O)C1O)C(O)CCCCCCCCCCCCCCCC. The van der Waals surface area contributed by atoms with Crippen molar-refractivity contribution in [3.05, 3.63) is 36.5 Å². The van der Waals surface area contributed by atoms with Gasteiger partial charge in [0.25, 0.3) is 0 Å². The summed E-state index contributed by atoms with van der Waals surface area (Å²) >= 11 is 0. The Labute approximate surface area is 593 Å². The molecule has 3 saturated heterocycles. The van der Waals surface area contributed by atoms with Crippen molar-refractivity contribution in [3.8, 4) is 0 Å². The van der Waals surface area contributed by atoms with Crippen LogP contribution in [0.1, 0.15) is 328 Å². The van der Waals surface area contributed by atoms with E-state index in [4.69, 9.17) is 28.4 Å². The van der Waals surface area contributed by atoms with Gasteiger partial charge in [-0.25, -0.2) is 0 Å². The molecule has 0 saturated carbocycles. The third-order valence-electron chi connectivity index (χ3n) is 20.2. The number of amides is 1. The molecule has 3 aliphatic rings.